The number of rotatable bonds is 3. The van der Waals surface area contributed by atoms with Gasteiger partial charge in [-0.05, 0) is 43.0 Å². The van der Waals surface area contributed by atoms with Gasteiger partial charge in [0.25, 0.3) is 0 Å². The highest BCUT2D eigenvalue weighted by Crippen LogP contribution is 2.32. The summed E-state index contributed by atoms with van der Waals surface area (Å²) in [5.41, 5.74) is 7.45. The molecule has 92 valence electrons. The number of aryl methyl sites for hydroxylation is 1. The van der Waals surface area contributed by atoms with E-state index in [0.717, 1.165) is 17.7 Å². The molecule has 0 radical (unpaired) electrons. The van der Waals surface area contributed by atoms with Crippen LogP contribution in [0, 0.1) is 5.92 Å². The molecule has 0 bridgehead atoms. The van der Waals surface area contributed by atoms with Crippen molar-refractivity contribution in [2.24, 2.45) is 5.92 Å². The van der Waals surface area contributed by atoms with Crippen LogP contribution >= 0.6 is 0 Å². The molecule has 0 amide bonds. The molecule has 0 saturated carbocycles. The Morgan fingerprint density at radius 3 is 3.06 bits per heavy atom. The Labute approximate surface area is 100 Å². The molecule has 2 rings (SSSR count). The van der Waals surface area contributed by atoms with Gasteiger partial charge in [0.1, 0.15) is 11.9 Å². The normalized spacial score (nSPS) is 20.2. The van der Waals surface area contributed by atoms with E-state index in [1.54, 1.807) is 12.1 Å². The van der Waals surface area contributed by atoms with E-state index < -0.39 is 11.9 Å². The molecular weight excluding hydrogens is 218 g/mol. The van der Waals surface area contributed by atoms with Crippen LogP contribution in [0.15, 0.2) is 18.2 Å². The number of nitrogen functional groups attached to an aromatic ring is 1. The number of anilines is 1. The SMILES string of the molecule is CCC(C(=O)[O-])C1CCc2cc(N)ccc2O1. The Balaban J connectivity index is 2.18. The lowest BCUT2D eigenvalue weighted by Gasteiger charge is -2.32. The summed E-state index contributed by atoms with van der Waals surface area (Å²) in [5, 5.41) is 11.0. The molecule has 0 fully saturated rings. The summed E-state index contributed by atoms with van der Waals surface area (Å²) in [6.45, 7) is 1.84. The van der Waals surface area contributed by atoms with Crippen molar-refractivity contribution < 1.29 is 14.6 Å². The molecule has 2 N–H and O–H groups in total. The zero-order valence-electron chi connectivity index (χ0n) is 9.81. The second-order valence-electron chi connectivity index (χ2n) is 4.40. The van der Waals surface area contributed by atoms with Gasteiger partial charge < -0.3 is 20.4 Å². The lowest BCUT2D eigenvalue weighted by Crippen LogP contribution is -2.42. The summed E-state index contributed by atoms with van der Waals surface area (Å²) in [5.74, 6) is -0.827. The molecular formula is C13H16NO3-. The van der Waals surface area contributed by atoms with E-state index >= 15 is 0 Å². The molecule has 1 aromatic rings. The number of carbonyl (C=O) groups is 1. The summed E-state index contributed by atoms with van der Waals surface area (Å²) in [6.07, 6.45) is 1.73. The third-order valence-corrected chi connectivity index (χ3v) is 3.25. The second-order valence-corrected chi connectivity index (χ2v) is 4.40. The summed E-state index contributed by atoms with van der Waals surface area (Å²) < 4.78 is 5.72. The van der Waals surface area contributed by atoms with Gasteiger partial charge in [-0.15, -0.1) is 0 Å². The minimum Gasteiger partial charge on any atom is -0.550 e. The monoisotopic (exact) mass is 234 g/mol. The number of carboxylic acids is 1. The van der Waals surface area contributed by atoms with Crippen LogP contribution < -0.4 is 15.6 Å². The molecule has 1 aliphatic heterocycles. The molecule has 1 heterocycles. The first-order valence-electron chi connectivity index (χ1n) is 5.87. The molecule has 4 nitrogen and oxygen atoms in total. The van der Waals surface area contributed by atoms with E-state index in [1.807, 2.05) is 13.0 Å². The van der Waals surface area contributed by atoms with Crippen molar-refractivity contribution >= 4 is 11.7 Å². The highest BCUT2D eigenvalue weighted by Gasteiger charge is 2.27. The van der Waals surface area contributed by atoms with Gasteiger partial charge in [-0.2, -0.15) is 0 Å². The molecule has 2 atom stereocenters. The van der Waals surface area contributed by atoms with Crippen molar-refractivity contribution in [1.82, 2.24) is 0 Å². The Bertz CT molecular complexity index is 431. The van der Waals surface area contributed by atoms with Gasteiger partial charge in [-0.1, -0.05) is 6.92 Å². The van der Waals surface area contributed by atoms with Crippen LogP contribution in [0.25, 0.3) is 0 Å². The predicted octanol–water partition coefficient (Wildman–Crippen LogP) is 0.738. The van der Waals surface area contributed by atoms with Gasteiger partial charge in [0.15, 0.2) is 0 Å². The van der Waals surface area contributed by atoms with E-state index in [1.165, 1.54) is 0 Å². The van der Waals surface area contributed by atoms with E-state index in [4.69, 9.17) is 10.5 Å². The first kappa shape index (κ1) is 11.8. The van der Waals surface area contributed by atoms with Crippen molar-refractivity contribution in [1.29, 1.82) is 0 Å². The maximum absolute atomic E-state index is 11.0. The van der Waals surface area contributed by atoms with Crippen LogP contribution in [0.1, 0.15) is 25.3 Å². The van der Waals surface area contributed by atoms with Crippen LogP contribution in [0.3, 0.4) is 0 Å². The van der Waals surface area contributed by atoms with Crippen LogP contribution in [0.5, 0.6) is 5.75 Å². The third kappa shape index (κ3) is 2.35. The summed E-state index contributed by atoms with van der Waals surface area (Å²) in [4.78, 5) is 11.0. The number of ether oxygens (including phenoxy) is 1. The molecule has 4 heteroatoms. The first-order valence-corrected chi connectivity index (χ1v) is 5.87. The molecule has 1 aromatic carbocycles. The van der Waals surface area contributed by atoms with Gasteiger partial charge in [0.2, 0.25) is 0 Å². The quantitative estimate of drug-likeness (QED) is 0.783. The fourth-order valence-electron chi connectivity index (χ4n) is 2.29. The van der Waals surface area contributed by atoms with Gasteiger partial charge in [-0.25, -0.2) is 0 Å². The lowest BCUT2D eigenvalue weighted by molar-refractivity contribution is -0.314. The molecule has 2 unspecified atom stereocenters. The van der Waals surface area contributed by atoms with Crippen LogP contribution in [0.2, 0.25) is 0 Å². The highest BCUT2D eigenvalue weighted by molar-refractivity contribution is 5.68. The number of aliphatic carboxylic acids is 1. The topological polar surface area (TPSA) is 75.4 Å². The standard InChI is InChI=1S/C13H17NO3/c1-2-10(13(15)16)12-5-3-8-7-9(14)4-6-11(8)17-12/h4,6-7,10,12H,2-3,5,14H2,1H3,(H,15,16)/p-1. The number of fused-ring (bicyclic) bond motifs is 1. The lowest BCUT2D eigenvalue weighted by atomic mass is 9.91. The zero-order chi connectivity index (χ0) is 12.4. The van der Waals surface area contributed by atoms with Crippen molar-refractivity contribution in [3.63, 3.8) is 0 Å². The van der Waals surface area contributed by atoms with E-state index in [2.05, 4.69) is 0 Å². The Hall–Kier alpha value is -1.71. The summed E-state index contributed by atoms with van der Waals surface area (Å²) in [6, 6.07) is 5.45. The zero-order valence-corrected chi connectivity index (χ0v) is 9.81. The highest BCUT2D eigenvalue weighted by atomic mass is 16.5. The predicted molar refractivity (Wildman–Crippen MR) is 62.4 cm³/mol. The molecule has 17 heavy (non-hydrogen) atoms. The minimum atomic E-state index is -1.03. The fourth-order valence-corrected chi connectivity index (χ4v) is 2.29. The fraction of sp³-hybridized carbons (Fsp3) is 0.462. The average Bonchev–Trinajstić information content (AvgIpc) is 2.29. The van der Waals surface area contributed by atoms with Gasteiger partial charge in [0.05, 0.1) is 0 Å². The number of carbonyl (C=O) groups excluding carboxylic acids is 1. The Kier molecular flexibility index (Phi) is 3.22. The maximum atomic E-state index is 11.0. The Morgan fingerprint density at radius 1 is 1.65 bits per heavy atom. The van der Waals surface area contributed by atoms with Crippen molar-refractivity contribution in [3.8, 4) is 5.75 Å². The third-order valence-electron chi connectivity index (χ3n) is 3.25. The molecule has 0 saturated heterocycles. The van der Waals surface area contributed by atoms with Crippen molar-refractivity contribution in [2.45, 2.75) is 32.3 Å². The molecule has 0 aromatic heterocycles. The number of nitrogens with two attached hydrogens (primary N) is 1. The first-order chi connectivity index (χ1) is 8.11. The molecule has 1 aliphatic rings. The summed E-state index contributed by atoms with van der Waals surface area (Å²) >= 11 is 0. The van der Waals surface area contributed by atoms with E-state index in [9.17, 15) is 9.90 Å². The molecule has 0 aliphatic carbocycles. The van der Waals surface area contributed by atoms with Gasteiger partial charge in [-0.3, -0.25) is 0 Å². The summed E-state index contributed by atoms with van der Waals surface area (Å²) in [7, 11) is 0. The van der Waals surface area contributed by atoms with Crippen LogP contribution in [0.4, 0.5) is 5.69 Å². The van der Waals surface area contributed by atoms with E-state index in [0.29, 0.717) is 18.5 Å². The number of hydrogen-bond donors (Lipinski definition) is 1. The number of benzene rings is 1. The minimum absolute atomic E-state index is 0.291. The molecule has 0 spiro atoms. The average molecular weight is 234 g/mol. The number of hydrogen-bond acceptors (Lipinski definition) is 4. The largest absolute Gasteiger partial charge is 0.550 e. The smallest absolute Gasteiger partial charge is 0.123 e. The van der Waals surface area contributed by atoms with Crippen LogP contribution in [-0.2, 0) is 11.2 Å². The van der Waals surface area contributed by atoms with Gasteiger partial charge >= 0.3 is 0 Å². The Morgan fingerprint density at radius 2 is 2.41 bits per heavy atom. The van der Waals surface area contributed by atoms with Crippen LogP contribution in [-0.4, -0.2) is 12.1 Å². The van der Waals surface area contributed by atoms with Crippen molar-refractivity contribution in [2.75, 3.05) is 5.73 Å². The van der Waals surface area contributed by atoms with Crippen molar-refractivity contribution in [3.05, 3.63) is 23.8 Å². The van der Waals surface area contributed by atoms with Gasteiger partial charge in [0, 0.05) is 17.6 Å². The number of carboxylic acid groups (broad SMARTS) is 1. The maximum Gasteiger partial charge on any atom is 0.123 e. The van der Waals surface area contributed by atoms with E-state index in [-0.39, 0.29) is 6.10 Å². The second kappa shape index (κ2) is 4.65.